The zero-order valence-electron chi connectivity index (χ0n) is 12.1. The van der Waals surface area contributed by atoms with Crippen LogP contribution in [0.1, 0.15) is 20.3 Å². The molecule has 2 aromatic carbocycles. The summed E-state index contributed by atoms with van der Waals surface area (Å²) < 4.78 is 12.3. The number of halogens is 1. The van der Waals surface area contributed by atoms with Crippen LogP contribution in [0, 0.1) is 5.92 Å². The van der Waals surface area contributed by atoms with E-state index in [2.05, 4.69) is 54.0 Å². The van der Waals surface area contributed by atoms with E-state index < -0.39 is 0 Å². The van der Waals surface area contributed by atoms with Crippen LogP contribution in [0.4, 0.5) is 0 Å². The monoisotopic (exact) mass is 336 g/mol. The maximum atomic E-state index is 5.71. The summed E-state index contributed by atoms with van der Waals surface area (Å²) in [6.07, 6.45) is 1.10. The molecule has 0 amide bonds. The van der Waals surface area contributed by atoms with Gasteiger partial charge in [0.1, 0.15) is 12.4 Å². The van der Waals surface area contributed by atoms with Crippen molar-refractivity contribution in [3.8, 4) is 5.75 Å². The van der Waals surface area contributed by atoms with Crippen molar-refractivity contribution in [3.05, 3.63) is 40.9 Å². The van der Waals surface area contributed by atoms with Crippen molar-refractivity contribution in [2.45, 2.75) is 20.3 Å². The van der Waals surface area contributed by atoms with Gasteiger partial charge in [0, 0.05) is 11.1 Å². The number of benzene rings is 2. The van der Waals surface area contributed by atoms with Gasteiger partial charge >= 0.3 is 0 Å². The normalized spacial score (nSPS) is 11.2. The molecule has 2 nitrogen and oxygen atoms in total. The fourth-order valence-corrected chi connectivity index (χ4v) is 2.30. The summed E-state index contributed by atoms with van der Waals surface area (Å²) in [6.45, 7) is 6.46. The molecule has 0 aliphatic carbocycles. The van der Waals surface area contributed by atoms with E-state index in [1.165, 1.54) is 10.8 Å². The van der Waals surface area contributed by atoms with Crippen molar-refractivity contribution in [1.29, 1.82) is 0 Å². The number of rotatable bonds is 7. The van der Waals surface area contributed by atoms with Crippen molar-refractivity contribution in [2.24, 2.45) is 5.92 Å². The Morgan fingerprint density at radius 1 is 0.950 bits per heavy atom. The van der Waals surface area contributed by atoms with Crippen LogP contribution in [0.15, 0.2) is 40.9 Å². The van der Waals surface area contributed by atoms with Crippen molar-refractivity contribution >= 4 is 26.7 Å². The van der Waals surface area contributed by atoms with E-state index in [0.29, 0.717) is 19.1 Å². The minimum absolute atomic E-state index is 0.597. The lowest BCUT2D eigenvalue weighted by atomic mass is 10.1. The maximum absolute atomic E-state index is 5.71. The van der Waals surface area contributed by atoms with Crippen LogP contribution in [0.2, 0.25) is 0 Å². The molecule has 2 aromatic rings. The van der Waals surface area contributed by atoms with Gasteiger partial charge in [-0.05, 0) is 47.4 Å². The van der Waals surface area contributed by atoms with Gasteiger partial charge in [0.15, 0.2) is 0 Å². The molecule has 0 atom stereocenters. The molecule has 0 saturated heterocycles. The first kappa shape index (κ1) is 15.3. The molecule has 0 fully saturated rings. The number of hydrogen-bond donors (Lipinski definition) is 0. The predicted molar refractivity (Wildman–Crippen MR) is 87.4 cm³/mol. The zero-order chi connectivity index (χ0) is 14.4. The van der Waals surface area contributed by atoms with Gasteiger partial charge in [-0.2, -0.15) is 0 Å². The highest BCUT2D eigenvalue weighted by Crippen LogP contribution is 2.24. The van der Waals surface area contributed by atoms with Crippen LogP contribution in [0.25, 0.3) is 10.8 Å². The first-order valence-electron chi connectivity index (χ1n) is 7.05. The summed E-state index contributed by atoms with van der Waals surface area (Å²) in [5.74, 6) is 1.59. The van der Waals surface area contributed by atoms with Gasteiger partial charge in [-0.25, -0.2) is 0 Å². The van der Waals surface area contributed by atoms with Crippen molar-refractivity contribution in [1.82, 2.24) is 0 Å². The molecular weight excluding hydrogens is 316 g/mol. The maximum Gasteiger partial charge on any atom is 0.120 e. The molecule has 20 heavy (non-hydrogen) atoms. The highest BCUT2D eigenvalue weighted by Gasteiger charge is 1.99. The Bertz CT molecular complexity index is 552. The molecule has 2 rings (SSSR count). The molecule has 0 bridgehead atoms. The lowest BCUT2D eigenvalue weighted by Gasteiger charge is -2.09. The van der Waals surface area contributed by atoms with E-state index in [0.717, 1.165) is 23.2 Å². The summed E-state index contributed by atoms with van der Waals surface area (Å²) in [4.78, 5) is 0. The topological polar surface area (TPSA) is 18.5 Å². The van der Waals surface area contributed by atoms with Crippen LogP contribution < -0.4 is 4.74 Å². The number of hydrogen-bond acceptors (Lipinski definition) is 2. The molecule has 108 valence electrons. The second-order valence-corrected chi connectivity index (χ2v) is 6.21. The Balaban J connectivity index is 1.80. The Morgan fingerprint density at radius 3 is 2.50 bits per heavy atom. The van der Waals surface area contributed by atoms with Gasteiger partial charge in [-0.15, -0.1) is 0 Å². The summed E-state index contributed by atoms with van der Waals surface area (Å²) in [7, 11) is 0. The second kappa shape index (κ2) is 7.65. The van der Waals surface area contributed by atoms with E-state index >= 15 is 0 Å². The van der Waals surface area contributed by atoms with Gasteiger partial charge in [0.2, 0.25) is 0 Å². The highest BCUT2D eigenvalue weighted by atomic mass is 79.9. The average Bonchev–Trinajstić information content (AvgIpc) is 2.42. The third-order valence-corrected chi connectivity index (χ3v) is 3.60. The molecule has 0 saturated carbocycles. The lowest BCUT2D eigenvalue weighted by Crippen LogP contribution is -2.08. The smallest absolute Gasteiger partial charge is 0.120 e. The third kappa shape index (κ3) is 4.80. The molecule has 0 heterocycles. The Hall–Kier alpha value is -1.06. The lowest BCUT2D eigenvalue weighted by molar-refractivity contribution is 0.0926. The minimum Gasteiger partial charge on any atom is -0.491 e. The first-order valence-corrected chi connectivity index (χ1v) is 7.84. The predicted octanol–water partition coefficient (Wildman–Crippen LogP) is 5.04. The largest absolute Gasteiger partial charge is 0.491 e. The SMILES string of the molecule is CC(C)CCOCCOc1ccc2cc(Br)ccc2c1. The quantitative estimate of drug-likeness (QED) is 0.659. The van der Waals surface area contributed by atoms with Gasteiger partial charge in [0.25, 0.3) is 0 Å². The summed E-state index contributed by atoms with van der Waals surface area (Å²) in [5, 5.41) is 2.39. The average molecular weight is 337 g/mol. The zero-order valence-corrected chi connectivity index (χ0v) is 13.7. The van der Waals surface area contributed by atoms with Crippen LogP contribution in [0.5, 0.6) is 5.75 Å². The fourth-order valence-electron chi connectivity index (χ4n) is 1.92. The van der Waals surface area contributed by atoms with Crippen molar-refractivity contribution in [2.75, 3.05) is 19.8 Å². The van der Waals surface area contributed by atoms with Gasteiger partial charge in [0.05, 0.1) is 6.61 Å². The van der Waals surface area contributed by atoms with Gasteiger partial charge < -0.3 is 9.47 Å². The Morgan fingerprint density at radius 2 is 1.70 bits per heavy atom. The molecule has 0 aliphatic rings. The molecule has 0 unspecified atom stereocenters. The molecule has 0 spiro atoms. The van der Waals surface area contributed by atoms with Crippen LogP contribution >= 0.6 is 15.9 Å². The number of ether oxygens (including phenoxy) is 2. The van der Waals surface area contributed by atoms with E-state index in [1.807, 2.05) is 12.1 Å². The van der Waals surface area contributed by atoms with E-state index in [-0.39, 0.29) is 0 Å². The van der Waals surface area contributed by atoms with Crippen LogP contribution in [-0.2, 0) is 4.74 Å². The van der Waals surface area contributed by atoms with Crippen molar-refractivity contribution in [3.63, 3.8) is 0 Å². The van der Waals surface area contributed by atoms with E-state index in [1.54, 1.807) is 0 Å². The first-order chi connectivity index (χ1) is 9.65. The molecule has 0 aromatic heterocycles. The van der Waals surface area contributed by atoms with E-state index in [4.69, 9.17) is 9.47 Å². The van der Waals surface area contributed by atoms with E-state index in [9.17, 15) is 0 Å². The number of fused-ring (bicyclic) bond motifs is 1. The molecular formula is C17H21BrO2. The van der Waals surface area contributed by atoms with Crippen molar-refractivity contribution < 1.29 is 9.47 Å². The Kier molecular flexibility index (Phi) is 5.86. The highest BCUT2D eigenvalue weighted by molar-refractivity contribution is 9.10. The fraction of sp³-hybridized carbons (Fsp3) is 0.412. The molecule has 3 heteroatoms. The molecule has 0 aliphatic heterocycles. The second-order valence-electron chi connectivity index (χ2n) is 5.30. The molecule has 0 N–H and O–H groups in total. The van der Waals surface area contributed by atoms with Gasteiger partial charge in [-0.3, -0.25) is 0 Å². The minimum atomic E-state index is 0.597. The summed E-state index contributed by atoms with van der Waals surface area (Å²) in [5.41, 5.74) is 0. The summed E-state index contributed by atoms with van der Waals surface area (Å²) in [6, 6.07) is 12.4. The van der Waals surface area contributed by atoms with Gasteiger partial charge in [-0.1, -0.05) is 41.9 Å². The summed E-state index contributed by atoms with van der Waals surface area (Å²) >= 11 is 3.48. The standard InChI is InChI=1S/C17H21BrO2/c1-13(2)7-8-19-9-10-20-17-6-4-14-11-16(18)5-3-15(14)12-17/h3-6,11-13H,7-10H2,1-2H3. The third-order valence-electron chi connectivity index (χ3n) is 3.11. The van der Waals surface area contributed by atoms with Crippen LogP contribution in [-0.4, -0.2) is 19.8 Å². The molecule has 0 radical (unpaired) electrons. The Labute approximate surface area is 129 Å². The van der Waals surface area contributed by atoms with Crippen LogP contribution in [0.3, 0.4) is 0 Å².